The fourth-order valence-electron chi connectivity index (χ4n) is 1.91. The van der Waals surface area contributed by atoms with Gasteiger partial charge in [0.1, 0.15) is 6.61 Å². The van der Waals surface area contributed by atoms with Gasteiger partial charge in [0.2, 0.25) is 5.95 Å². The maximum absolute atomic E-state index is 8.86. The largest absolute Gasteiger partial charge is 0.388 e. The fraction of sp³-hybridized carbons (Fsp3) is 0.571. The van der Waals surface area contributed by atoms with Gasteiger partial charge in [-0.3, -0.25) is 0 Å². The van der Waals surface area contributed by atoms with Crippen molar-refractivity contribution < 1.29 is 9.84 Å². The highest BCUT2D eigenvalue weighted by Gasteiger charge is 2.02. The van der Waals surface area contributed by atoms with E-state index in [-0.39, 0.29) is 6.61 Å². The third-order valence-corrected chi connectivity index (χ3v) is 3.85. The summed E-state index contributed by atoms with van der Waals surface area (Å²) in [6, 6.07) is 2.20. The molecule has 2 aromatic rings. The summed E-state index contributed by atoms with van der Waals surface area (Å²) in [7, 11) is 4.14. The molecule has 8 heteroatoms. The van der Waals surface area contributed by atoms with Gasteiger partial charge in [-0.1, -0.05) is 0 Å². The third-order valence-electron chi connectivity index (χ3n) is 2.88. The van der Waals surface area contributed by atoms with Crippen LogP contribution in [0.4, 0.5) is 5.95 Å². The van der Waals surface area contributed by atoms with Gasteiger partial charge in [0.25, 0.3) is 0 Å². The number of anilines is 1. The summed E-state index contributed by atoms with van der Waals surface area (Å²) < 4.78 is 5.67. The average Bonchev–Trinajstić information content (AvgIpc) is 3.11. The zero-order valence-electron chi connectivity index (χ0n) is 13.0. The molecule has 0 saturated heterocycles. The summed E-state index contributed by atoms with van der Waals surface area (Å²) in [6.07, 6.45) is 0.879. The Morgan fingerprint density at radius 2 is 2.32 bits per heavy atom. The molecule has 22 heavy (non-hydrogen) atoms. The number of rotatable bonds is 10. The zero-order chi connectivity index (χ0) is 15.8. The van der Waals surface area contributed by atoms with Crippen LogP contribution in [0.1, 0.15) is 22.7 Å². The van der Waals surface area contributed by atoms with Crippen LogP contribution in [0.2, 0.25) is 0 Å². The molecule has 0 aliphatic heterocycles. The van der Waals surface area contributed by atoms with Gasteiger partial charge in [-0.2, -0.15) is 10.1 Å². The lowest BCUT2D eigenvalue weighted by atomic mass is 10.3. The predicted octanol–water partition coefficient (Wildman–Crippen LogP) is 1.44. The van der Waals surface area contributed by atoms with E-state index in [1.54, 1.807) is 11.3 Å². The quantitative estimate of drug-likeness (QED) is 0.573. The molecule has 0 radical (unpaired) electrons. The number of nitrogens with one attached hydrogen (secondary N) is 2. The molecule has 0 saturated carbocycles. The smallest absolute Gasteiger partial charge is 0.218 e. The Bertz CT molecular complexity index is 555. The van der Waals surface area contributed by atoms with Gasteiger partial charge in [0.15, 0.2) is 5.82 Å². The van der Waals surface area contributed by atoms with Crippen molar-refractivity contribution >= 4 is 17.3 Å². The molecule has 0 unspecified atom stereocenters. The molecule has 2 heterocycles. The number of thiophene rings is 1. The summed E-state index contributed by atoms with van der Waals surface area (Å²) in [5.74, 6) is 0.972. The van der Waals surface area contributed by atoms with Gasteiger partial charge < -0.3 is 20.1 Å². The first-order chi connectivity index (χ1) is 10.7. The molecule has 7 nitrogen and oxygen atoms in total. The van der Waals surface area contributed by atoms with Crippen molar-refractivity contribution in [1.29, 1.82) is 0 Å². The Morgan fingerprint density at radius 1 is 1.45 bits per heavy atom. The van der Waals surface area contributed by atoms with Crippen molar-refractivity contribution in [3.05, 3.63) is 27.7 Å². The van der Waals surface area contributed by atoms with Crippen molar-refractivity contribution in [2.75, 3.05) is 32.6 Å². The number of nitrogens with zero attached hydrogens (tertiary/aromatic N) is 3. The third kappa shape index (κ3) is 5.72. The lowest BCUT2D eigenvalue weighted by Gasteiger charge is -2.06. The maximum atomic E-state index is 8.86. The van der Waals surface area contributed by atoms with Gasteiger partial charge in [-0.15, -0.1) is 11.3 Å². The number of hydrogen-bond acceptors (Lipinski definition) is 7. The first-order valence-corrected chi connectivity index (χ1v) is 8.10. The minimum absolute atomic E-state index is 0.155. The number of aliphatic hydroxyl groups excluding tert-OH is 1. The first kappa shape index (κ1) is 16.9. The van der Waals surface area contributed by atoms with Crippen molar-refractivity contribution in [3.63, 3.8) is 0 Å². The second kappa shape index (κ2) is 8.84. The molecular weight excluding hydrogens is 302 g/mol. The van der Waals surface area contributed by atoms with Crippen LogP contribution in [0.5, 0.6) is 0 Å². The van der Waals surface area contributed by atoms with Crippen LogP contribution in [0.25, 0.3) is 0 Å². The van der Waals surface area contributed by atoms with E-state index in [0.29, 0.717) is 25.0 Å². The van der Waals surface area contributed by atoms with E-state index in [4.69, 9.17) is 9.84 Å². The normalized spacial score (nSPS) is 11.3. The summed E-state index contributed by atoms with van der Waals surface area (Å²) in [5.41, 5.74) is 1.23. The molecule has 2 rings (SSSR count). The van der Waals surface area contributed by atoms with E-state index in [0.717, 1.165) is 19.5 Å². The molecule has 0 spiro atoms. The van der Waals surface area contributed by atoms with E-state index in [1.165, 1.54) is 10.4 Å². The summed E-state index contributed by atoms with van der Waals surface area (Å²) in [4.78, 5) is 7.57. The van der Waals surface area contributed by atoms with E-state index in [2.05, 4.69) is 50.9 Å². The van der Waals surface area contributed by atoms with Crippen LogP contribution >= 0.6 is 11.3 Å². The molecule has 3 N–H and O–H groups in total. The highest BCUT2D eigenvalue weighted by atomic mass is 32.1. The second-order valence-electron chi connectivity index (χ2n) is 5.25. The number of hydrogen-bond donors (Lipinski definition) is 3. The number of aromatic amines is 1. The molecule has 0 fully saturated rings. The van der Waals surface area contributed by atoms with Gasteiger partial charge in [-0.25, -0.2) is 5.10 Å². The van der Waals surface area contributed by atoms with Gasteiger partial charge in [-0.05, 0) is 37.5 Å². The molecule has 0 amide bonds. The summed E-state index contributed by atoms with van der Waals surface area (Å²) >= 11 is 1.77. The standard InChI is InChI=1S/C14H23N5O2S/c1-19(2)7-12-6-11(10-22-12)9-21-5-3-4-15-14-16-13(8-20)17-18-14/h6,10,20H,3-5,7-9H2,1-2H3,(H2,15,16,17,18). The van der Waals surface area contributed by atoms with Crippen molar-refractivity contribution in [2.45, 2.75) is 26.2 Å². The topological polar surface area (TPSA) is 86.3 Å². The minimum Gasteiger partial charge on any atom is -0.388 e. The van der Waals surface area contributed by atoms with Crippen LogP contribution < -0.4 is 5.32 Å². The monoisotopic (exact) mass is 325 g/mol. The van der Waals surface area contributed by atoms with E-state index in [1.807, 2.05) is 0 Å². The molecule has 0 aliphatic carbocycles. The van der Waals surface area contributed by atoms with E-state index >= 15 is 0 Å². The molecule has 0 atom stereocenters. The van der Waals surface area contributed by atoms with Gasteiger partial charge in [0, 0.05) is 24.6 Å². The summed E-state index contributed by atoms with van der Waals surface area (Å²) in [5, 5.41) is 20.7. The number of ether oxygens (including phenoxy) is 1. The first-order valence-electron chi connectivity index (χ1n) is 7.22. The lowest BCUT2D eigenvalue weighted by molar-refractivity contribution is 0.121. The van der Waals surface area contributed by atoms with Crippen LogP contribution in [0, 0.1) is 0 Å². The van der Waals surface area contributed by atoms with Gasteiger partial charge >= 0.3 is 0 Å². The van der Waals surface area contributed by atoms with Crippen LogP contribution in [0.3, 0.4) is 0 Å². The van der Waals surface area contributed by atoms with E-state index in [9.17, 15) is 0 Å². The Kier molecular flexibility index (Phi) is 6.78. The minimum atomic E-state index is -0.155. The SMILES string of the molecule is CN(C)Cc1cc(COCCCNc2nc(CO)n[nH]2)cs1. The Labute approximate surface area is 134 Å². The van der Waals surface area contributed by atoms with Crippen molar-refractivity contribution in [3.8, 4) is 0 Å². The molecule has 0 aliphatic rings. The Balaban J connectivity index is 1.56. The summed E-state index contributed by atoms with van der Waals surface area (Å²) in [6.45, 7) is 2.91. The van der Waals surface area contributed by atoms with Crippen LogP contribution in [-0.4, -0.2) is 52.4 Å². The zero-order valence-corrected chi connectivity index (χ0v) is 13.8. The van der Waals surface area contributed by atoms with Crippen LogP contribution in [0.15, 0.2) is 11.4 Å². The highest BCUT2D eigenvalue weighted by molar-refractivity contribution is 7.10. The second-order valence-corrected chi connectivity index (χ2v) is 6.25. The Morgan fingerprint density at radius 3 is 3.05 bits per heavy atom. The molecule has 2 aromatic heterocycles. The fourth-order valence-corrected chi connectivity index (χ4v) is 2.90. The van der Waals surface area contributed by atoms with E-state index < -0.39 is 0 Å². The molecule has 0 bridgehead atoms. The van der Waals surface area contributed by atoms with Crippen LogP contribution in [-0.2, 0) is 24.5 Å². The van der Waals surface area contributed by atoms with Gasteiger partial charge in [0.05, 0.1) is 6.61 Å². The molecule has 122 valence electrons. The average molecular weight is 325 g/mol. The number of H-pyrrole nitrogens is 1. The van der Waals surface area contributed by atoms with Crippen molar-refractivity contribution in [2.24, 2.45) is 0 Å². The van der Waals surface area contributed by atoms with Crippen molar-refractivity contribution in [1.82, 2.24) is 20.1 Å². The predicted molar refractivity (Wildman–Crippen MR) is 86.8 cm³/mol. The molecule has 0 aromatic carbocycles. The number of aromatic nitrogens is 3. The Hall–Kier alpha value is -1.48. The maximum Gasteiger partial charge on any atom is 0.218 e. The lowest BCUT2D eigenvalue weighted by Crippen LogP contribution is -2.09. The molecular formula is C14H23N5O2S. The number of aliphatic hydroxyl groups is 1. The highest BCUT2D eigenvalue weighted by Crippen LogP contribution is 2.16.